The second-order valence-electron chi connectivity index (χ2n) is 6.27. The van der Waals surface area contributed by atoms with Crippen molar-refractivity contribution in [1.29, 1.82) is 5.26 Å². The summed E-state index contributed by atoms with van der Waals surface area (Å²) in [7, 11) is 0. The number of piperidine rings is 1. The molecule has 2 atom stereocenters. The highest BCUT2D eigenvalue weighted by Crippen LogP contribution is 2.38. The number of aryl methyl sites for hydroxylation is 1. The molecule has 3 fully saturated rings. The number of nitrogens with zero attached hydrogens (tertiary/aromatic N) is 6. The lowest BCUT2D eigenvalue weighted by Gasteiger charge is -2.58. The highest BCUT2D eigenvalue weighted by atomic mass is 15.4. The first kappa shape index (κ1) is 13.9. The zero-order valence-corrected chi connectivity index (χ0v) is 13.3. The highest BCUT2D eigenvalue weighted by Gasteiger charge is 2.45. The maximum atomic E-state index is 9.03. The van der Waals surface area contributed by atoms with Gasteiger partial charge >= 0.3 is 0 Å². The van der Waals surface area contributed by atoms with Gasteiger partial charge in [0, 0.05) is 48.3 Å². The first-order valence-corrected chi connectivity index (χ1v) is 7.85. The van der Waals surface area contributed by atoms with Crippen molar-refractivity contribution in [1.82, 2.24) is 15.0 Å². The molecule has 5 rings (SSSR count). The molecule has 2 unspecified atom stereocenters. The van der Waals surface area contributed by atoms with Crippen LogP contribution in [0.25, 0.3) is 0 Å². The number of hydrogen-bond donors (Lipinski definition) is 0. The maximum Gasteiger partial charge on any atom is 0.142 e. The normalized spacial score (nSPS) is 22.5. The fraction of sp³-hybridized carbons (Fsp3) is 0.412. The van der Waals surface area contributed by atoms with Crippen LogP contribution in [0.1, 0.15) is 23.4 Å². The van der Waals surface area contributed by atoms with E-state index < -0.39 is 0 Å². The quantitative estimate of drug-likeness (QED) is 0.843. The summed E-state index contributed by atoms with van der Waals surface area (Å²) in [5.41, 5.74) is 3.79. The van der Waals surface area contributed by atoms with E-state index in [-0.39, 0.29) is 0 Å². The molecule has 23 heavy (non-hydrogen) atoms. The summed E-state index contributed by atoms with van der Waals surface area (Å²) in [4.78, 5) is 17.6. The van der Waals surface area contributed by atoms with Crippen LogP contribution in [0.15, 0.2) is 24.7 Å². The molecular weight excluding hydrogens is 288 g/mol. The average molecular weight is 306 g/mol. The molecule has 6 nitrogen and oxygen atoms in total. The summed E-state index contributed by atoms with van der Waals surface area (Å²) in [6.45, 7) is 6.03. The van der Waals surface area contributed by atoms with Gasteiger partial charge in [0.15, 0.2) is 0 Å². The molecule has 0 aliphatic carbocycles. The van der Waals surface area contributed by atoms with E-state index in [2.05, 4.69) is 37.7 Å². The molecule has 116 valence electrons. The third-order valence-corrected chi connectivity index (χ3v) is 4.96. The Morgan fingerprint density at radius 2 is 1.96 bits per heavy atom. The molecule has 6 heteroatoms. The Hall–Kier alpha value is -2.68. The number of fused-ring (bicyclic) bond motifs is 2. The molecule has 3 aliphatic heterocycles. The molecule has 2 aromatic heterocycles. The van der Waals surface area contributed by atoms with E-state index in [1.807, 2.05) is 19.1 Å². The molecule has 0 spiro atoms. The number of rotatable bonds is 2. The van der Waals surface area contributed by atoms with E-state index in [1.165, 1.54) is 6.42 Å². The van der Waals surface area contributed by atoms with Crippen molar-refractivity contribution >= 4 is 11.5 Å². The Bertz CT molecular complexity index is 784. The maximum absolute atomic E-state index is 9.03. The Labute approximate surface area is 135 Å². The van der Waals surface area contributed by atoms with Gasteiger partial charge in [-0.2, -0.15) is 5.26 Å². The fourth-order valence-electron chi connectivity index (χ4n) is 3.69. The van der Waals surface area contributed by atoms with E-state index >= 15 is 0 Å². The molecular formula is C17H18N6. The summed E-state index contributed by atoms with van der Waals surface area (Å²) in [5.74, 6) is 1.05. The molecule has 0 aromatic carbocycles. The smallest absolute Gasteiger partial charge is 0.142 e. The van der Waals surface area contributed by atoms with Crippen molar-refractivity contribution in [3.05, 3.63) is 41.6 Å². The molecule has 0 radical (unpaired) electrons. The van der Waals surface area contributed by atoms with Gasteiger partial charge in [-0.3, -0.25) is 0 Å². The minimum atomic E-state index is 0.470. The predicted octanol–water partition coefficient (Wildman–Crippen LogP) is 1.83. The van der Waals surface area contributed by atoms with Crippen LogP contribution in [0, 0.1) is 25.2 Å². The van der Waals surface area contributed by atoms with Gasteiger partial charge in [-0.15, -0.1) is 0 Å². The fourth-order valence-corrected chi connectivity index (χ4v) is 3.69. The van der Waals surface area contributed by atoms with Crippen LogP contribution < -0.4 is 9.80 Å². The predicted molar refractivity (Wildman–Crippen MR) is 87.3 cm³/mol. The number of aromatic nitrogens is 3. The van der Waals surface area contributed by atoms with Gasteiger partial charge in [0.2, 0.25) is 0 Å². The molecule has 3 saturated heterocycles. The van der Waals surface area contributed by atoms with Gasteiger partial charge in [-0.1, -0.05) is 0 Å². The minimum Gasteiger partial charge on any atom is -0.362 e. The Balaban J connectivity index is 1.57. The van der Waals surface area contributed by atoms with E-state index in [4.69, 9.17) is 5.26 Å². The number of hydrogen-bond acceptors (Lipinski definition) is 6. The van der Waals surface area contributed by atoms with Crippen LogP contribution in [-0.4, -0.2) is 40.1 Å². The van der Waals surface area contributed by atoms with Gasteiger partial charge in [0.05, 0.1) is 0 Å². The van der Waals surface area contributed by atoms with Gasteiger partial charge in [0.25, 0.3) is 0 Å². The lowest BCUT2D eigenvalue weighted by atomic mass is 9.86. The second kappa shape index (κ2) is 5.20. The number of piperazine rings is 1. The van der Waals surface area contributed by atoms with Crippen LogP contribution in [0.5, 0.6) is 0 Å². The van der Waals surface area contributed by atoms with Crippen molar-refractivity contribution in [2.24, 2.45) is 0 Å². The third-order valence-electron chi connectivity index (χ3n) is 4.96. The molecule has 5 heterocycles. The average Bonchev–Trinajstić information content (AvgIpc) is 2.57. The topological polar surface area (TPSA) is 68.9 Å². The van der Waals surface area contributed by atoms with Gasteiger partial charge in [0.1, 0.15) is 23.9 Å². The van der Waals surface area contributed by atoms with Gasteiger partial charge < -0.3 is 9.80 Å². The van der Waals surface area contributed by atoms with Crippen molar-refractivity contribution in [3.63, 3.8) is 0 Å². The van der Waals surface area contributed by atoms with Crippen molar-refractivity contribution in [2.45, 2.75) is 32.4 Å². The van der Waals surface area contributed by atoms with Crippen molar-refractivity contribution in [2.75, 3.05) is 22.9 Å². The first-order chi connectivity index (χ1) is 11.2. The second-order valence-corrected chi connectivity index (χ2v) is 6.27. The minimum absolute atomic E-state index is 0.470. The Morgan fingerprint density at radius 1 is 1.17 bits per heavy atom. The zero-order valence-electron chi connectivity index (χ0n) is 13.3. The molecule has 2 bridgehead atoms. The molecule has 0 saturated carbocycles. The first-order valence-electron chi connectivity index (χ1n) is 7.85. The Morgan fingerprint density at radius 3 is 2.70 bits per heavy atom. The van der Waals surface area contributed by atoms with E-state index in [1.54, 1.807) is 12.5 Å². The Kier molecular flexibility index (Phi) is 3.15. The van der Waals surface area contributed by atoms with Crippen LogP contribution in [-0.2, 0) is 0 Å². The lowest BCUT2D eigenvalue weighted by Crippen LogP contribution is -2.69. The summed E-state index contributed by atoms with van der Waals surface area (Å²) >= 11 is 0. The van der Waals surface area contributed by atoms with Crippen LogP contribution in [0.3, 0.4) is 0 Å². The van der Waals surface area contributed by atoms with Crippen LogP contribution in [0.4, 0.5) is 11.5 Å². The summed E-state index contributed by atoms with van der Waals surface area (Å²) < 4.78 is 0. The summed E-state index contributed by atoms with van der Waals surface area (Å²) in [5, 5.41) is 9.03. The van der Waals surface area contributed by atoms with Crippen LogP contribution >= 0.6 is 0 Å². The lowest BCUT2D eigenvalue weighted by molar-refractivity contribution is 0.290. The molecule has 0 amide bonds. The number of nitriles is 1. The van der Waals surface area contributed by atoms with E-state index in [0.717, 1.165) is 35.9 Å². The SMILES string of the molecule is Cc1ncnc(N2CC3CC(C2)N3c2ccnc(C#N)c2)c1C. The van der Waals surface area contributed by atoms with Gasteiger partial charge in [-0.25, -0.2) is 15.0 Å². The summed E-state index contributed by atoms with van der Waals surface area (Å²) in [6, 6.07) is 6.94. The van der Waals surface area contributed by atoms with Gasteiger partial charge in [-0.05, 0) is 32.4 Å². The zero-order chi connectivity index (χ0) is 16.0. The highest BCUT2D eigenvalue weighted by molar-refractivity contribution is 5.58. The molecule has 2 aromatic rings. The van der Waals surface area contributed by atoms with E-state index in [0.29, 0.717) is 17.8 Å². The monoisotopic (exact) mass is 306 g/mol. The largest absolute Gasteiger partial charge is 0.362 e. The van der Waals surface area contributed by atoms with Crippen molar-refractivity contribution in [3.8, 4) is 6.07 Å². The number of anilines is 2. The molecule has 3 aliphatic rings. The molecule has 0 N–H and O–H groups in total. The third kappa shape index (κ3) is 2.20. The van der Waals surface area contributed by atoms with E-state index in [9.17, 15) is 0 Å². The standard InChI is InChI=1S/C17H18N6/c1-11-12(2)20-10-21-17(11)22-8-15-6-16(9-22)23(15)14-3-4-19-13(5-14)7-18/h3-5,10,15-16H,6,8-9H2,1-2H3. The van der Waals surface area contributed by atoms with Crippen LogP contribution in [0.2, 0.25) is 0 Å². The van der Waals surface area contributed by atoms with Crippen molar-refractivity contribution < 1.29 is 0 Å². The number of pyridine rings is 1. The summed E-state index contributed by atoms with van der Waals surface area (Å²) in [6.07, 6.45) is 4.57.